The van der Waals surface area contributed by atoms with Crippen molar-refractivity contribution in [1.29, 1.82) is 0 Å². The minimum Gasteiger partial charge on any atom is -0.334 e. The number of nitrogens with zero attached hydrogens (tertiary/aromatic N) is 2. The molecular weight excluding hydrogens is 310 g/mol. The monoisotopic (exact) mass is 335 g/mol. The number of likely N-dealkylation sites (tertiary alicyclic amines) is 2. The van der Waals surface area contributed by atoms with Crippen molar-refractivity contribution in [2.24, 2.45) is 0 Å². The number of hydrogen-bond acceptors (Lipinski definition) is 2. The highest BCUT2D eigenvalue weighted by Crippen LogP contribution is 2.20. The topological polar surface area (TPSA) is 35.6 Å². The van der Waals surface area contributed by atoms with Crippen molar-refractivity contribution in [1.82, 2.24) is 15.1 Å². The Kier molecular flexibility index (Phi) is 5.79. The molecule has 0 saturated carbocycles. The predicted molar refractivity (Wildman–Crippen MR) is 93.7 cm³/mol. The SMILES string of the molecule is O=C(NCc1ccc(Cl)cc1)N1CCCC[C@@H]1CN1CCCC1. The van der Waals surface area contributed by atoms with Crippen molar-refractivity contribution in [3.63, 3.8) is 0 Å². The first-order chi connectivity index (χ1) is 11.2. The number of carbonyl (C=O) groups excluding carboxylic acids is 1. The zero-order chi connectivity index (χ0) is 16.1. The fourth-order valence-corrected chi connectivity index (χ4v) is 3.73. The second kappa shape index (κ2) is 8.02. The van der Waals surface area contributed by atoms with E-state index < -0.39 is 0 Å². The molecule has 2 aliphatic heterocycles. The standard InChI is InChI=1S/C18H26ClN3O/c19-16-8-6-15(7-9-16)13-20-18(23)22-12-2-1-5-17(22)14-21-10-3-4-11-21/h6-9,17H,1-5,10-14H2,(H,20,23)/t17-/m1/s1. The molecule has 0 aromatic heterocycles. The van der Waals surface area contributed by atoms with Gasteiger partial charge in [-0.15, -0.1) is 0 Å². The molecule has 1 N–H and O–H groups in total. The molecule has 5 heteroatoms. The lowest BCUT2D eigenvalue weighted by molar-refractivity contribution is 0.127. The average molecular weight is 336 g/mol. The summed E-state index contributed by atoms with van der Waals surface area (Å²) in [4.78, 5) is 17.2. The van der Waals surface area contributed by atoms with Crippen LogP contribution in [0.3, 0.4) is 0 Å². The van der Waals surface area contributed by atoms with Crippen molar-refractivity contribution in [3.8, 4) is 0 Å². The number of halogens is 1. The number of carbonyl (C=O) groups is 1. The lowest BCUT2D eigenvalue weighted by Crippen LogP contribution is -2.52. The van der Waals surface area contributed by atoms with E-state index in [4.69, 9.17) is 11.6 Å². The fourth-order valence-electron chi connectivity index (χ4n) is 3.60. The Labute approximate surface area is 143 Å². The van der Waals surface area contributed by atoms with Crippen LogP contribution in [0, 0.1) is 0 Å². The molecule has 2 saturated heterocycles. The van der Waals surface area contributed by atoms with E-state index in [2.05, 4.69) is 15.1 Å². The van der Waals surface area contributed by atoms with E-state index in [1.807, 2.05) is 24.3 Å². The summed E-state index contributed by atoms with van der Waals surface area (Å²) in [5, 5.41) is 3.79. The Morgan fingerprint density at radius 1 is 1.09 bits per heavy atom. The van der Waals surface area contributed by atoms with Gasteiger partial charge < -0.3 is 15.1 Å². The van der Waals surface area contributed by atoms with E-state index in [-0.39, 0.29) is 6.03 Å². The zero-order valence-corrected chi connectivity index (χ0v) is 14.4. The van der Waals surface area contributed by atoms with Crippen LogP contribution in [0.2, 0.25) is 5.02 Å². The van der Waals surface area contributed by atoms with Crippen LogP contribution in [0.4, 0.5) is 4.79 Å². The van der Waals surface area contributed by atoms with Gasteiger partial charge in [0.15, 0.2) is 0 Å². The Hall–Kier alpha value is -1.26. The molecule has 3 rings (SSSR count). The first-order valence-electron chi connectivity index (χ1n) is 8.73. The third kappa shape index (κ3) is 4.61. The first-order valence-corrected chi connectivity index (χ1v) is 9.11. The lowest BCUT2D eigenvalue weighted by atomic mass is 10.0. The molecule has 2 heterocycles. The molecule has 2 aliphatic rings. The molecule has 126 valence electrons. The number of benzene rings is 1. The van der Waals surface area contributed by atoms with Gasteiger partial charge in [0.05, 0.1) is 0 Å². The minimum atomic E-state index is 0.0730. The van der Waals surface area contributed by atoms with Crippen LogP contribution in [-0.2, 0) is 6.54 Å². The molecule has 0 spiro atoms. The molecule has 1 atom stereocenters. The summed E-state index contributed by atoms with van der Waals surface area (Å²) in [5.41, 5.74) is 1.08. The Bertz CT molecular complexity index is 514. The van der Waals surface area contributed by atoms with Crippen molar-refractivity contribution in [2.45, 2.75) is 44.7 Å². The molecule has 0 radical (unpaired) electrons. The number of hydrogen-bond donors (Lipinski definition) is 1. The highest BCUT2D eigenvalue weighted by atomic mass is 35.5. The van der Waals surface area contributed by atoms with Crippen LogP contribution in [0.15, 0.2) is 24.3 Å². The van der Waals surface area contributed by atoms with Gasteiger partial charge in [0.25, 0.3) is 0 Å². The van der Waals surface area contributed by atoms with Gasteiger partial charge in [-0.05, 0) is 62.9 Å². The normalized spacial score (nSPS) is 22.3. The molecule has 4 nitrogen and oxygen atoms in total. The van der Waals surface area contributed by atoms with Crippen molar-refractivity contribution in [3.05, 3.63) is 34.9 Å². The summed E-state index contributed by atoms with van der Waals surface area (Å²) in [7, 11) is 0. The van der Waals surface area contributed by atoms with Crippen molar-refractivity contribution in [2.75, 3.05) is 26.2 Å². The Morgan fingerprint density at radius 3 is 2.52 bits per heavy atom. The summed E-state index contributed by atoms with van der Waals surface area (Å²) < 4.78 is 0. The third-order valence-electron chi connectivity index (χ3n) is 4.91. The largest absolute Gasteiger partial charge is 0.334 e. The predicted octanol–water partition coefficient (Wildman–Crippen LogP) is 3.50. The lowest BCUT2D eigenvalue weighted by Gasteiger charge is -2.37. The molecule has 23 heavy (non-hydrogen) atoms. The van der Waals surface area contributed by atoms with Crippen LogP contribution in [0.1, 0.15) is 37.7 Å². The summed E-state index contributed by atoms with van der Waals surface area (Å²) in [6.45, 7) is 4.86. The maximum Gasteiger partial charge on any atom is 0.317 e. The summed E-state index contributed by atoms with van der Waals surface area (Å²) >= 11 is 5.90. The fraction of sp³-hybridized carbons (Fsp3) is 0.611. The van der Waals surface area contributed by atoms with E-state index in [0.29, 0.717) is 12.6 Å². The molecule has 1 aromatic carbocycles. The van der Waals surface area contributed by atoms with E-state index >= 15 is 0 Å². The van der Waals surface area contributed by atoms with Gasteiger partial charge in [0, 0.05) is 30.7 Å². The number of nitrogens with one attached hydrogen (secondary N) is 1. The van der Waals surface area contributed by atoms with Crippen LogP contribution in [-0.4, -0.2) is 48.1 Å². The molecular formula is C18H26ClN3O. The number of piperidine rings is 1. The quantitative estimate of drug-likeness (QED) is 0.914. The van der Waals surface area contributed by atoms with E-state index in [1.165, 1.54) is 32.4 Å². The Balaban J connectivity index is 1.53. The summed E-state index contributed by atoms with van der Waals surface area (Å²) in [6, 6.07) is 8.08. The van der Waals surface area contributed by atoms with Crippen LogP contribution >= 0.6 is 11.6 Å². The van der Waals surface area contributed by atoms with Gasteiger partial charge in [-0.2, -0.15) is 0 Å². The first kappa shape index (κ1) is 16.6. The zero-order valence-electron chi connectivity index (χ0n) is 13.6. The van der Waals surface area contributed by atoms with Gasteiger partial charge >= 0.3 is 6.03 Å². The smallest absolute Gasteiger partial charge is 0.317 e. The summed E-state index contributed by atoms with van der Waals surface area (Å²) in [6.07, 6.45) is 6.08. The maximum atomic E-state index is 12.6. The molecule has 2 amide bonds. The molecule has 2 fully saturated rings. The van der Waals surface area contributed by atoms with Crippen LogP contribution in [0.25, 0.3) is 0 Å². The molecule has 0 unspecified atom stereocenters. The van der Waals surface area contributed by atoms with E-state index in [9.17, 15) is 4.79 Å². The molecule has 0 bridgehead atoms. The number of urea groups is 1. The van der Waals surface area contributed by atoms with Crippen molar-refractivity contribution >= 4 is 17.6 Å². The van der Waals surface area contributed by atoms with Gasteiger partial charge in [0.2, 0.25) is 0 Å². The van der Waals surface area contributed by atoms with E-state index in [1.54, 1.807) is 0 Å². The van der Waals surface area contributed by atoms with Crippen molar-refractivity contribution < 1.29 is 4.79 Å². The Morgan fingerprint density at radius 2 is 1.78 bits per heavy atom. The highest BCUT2D eigenvalue weighted by Gasteiger charge is 2.28. The maximum absolute atomic E-state index is 12.6. The number of rotatable bonds is 4. The van der Waals surface area contributed by atoms with E-state index in [0.717, 1.165) is 36.5 Å². The van der Waals surface area contributed by atoms with Crippen LogP contribution < -0.4 is 5.32 Å². The third-order valence-corrected chi connectivity index (χ3v) is 5.16. The van der Waals surface area contributed by atoms with Crippen LogP contribution in [0.5, 0.6) is 0 Å². The average Bonchev–Trinajstić information content (AvgIpc) is 3.07. The number of amides is 2. The molecule has 1 aromatic rings. The van der Waals surface area contributed by atoms with Gasteiger partial charge in [0.1, 0.15) is 0 Å². The second-order valence-electron chi connectivity index (χ2n) is 6.64. The molecule has 0 aliphatic carbocycles. The van der Waals surface area contributed by atoms with Gasteiger partial charge in [-0.3, -0.25) is 0 Å². The van der Waals surface area contributed by atoms with Gasteiger partial charge in [-0.1, -0.05) is 23.7 Å². The summed E-state index contributed by atoms with van der Waals surface area (Å²) in [5.74, 6) is 0. The minimum absolute atomic E-state index is 0.0730. The van der Waals surface area contributed by atoms with Gasteiger partial charge in [-0.25, -0.2) is 4.79 Å². The second-order valence-corrected chi connectivity index (χ2v) is 7.07. The highest BCUT2D eigenvalue weighted by molar-refractivity contribution is 6.30.